The van der Waals surface area contributed by atoms with Gasteiger partial charge in [0.1, 0.15) is 0 Å². The van der Waals surface area contributed by atoms with Crippen molar-refractivity contribution in [2.24, 2.45) is 0 Å². The van der Waals surface area contributed by atoms with E-state index in [1.807, 2.05) is 17.0 Å². The summed E-state index contributed by atoms with van der Waals surface area (Å²) in [7, 11) is 2.16. The maximum atomic E-state index is 12.5. The Labute approximate surface area is 148 Å². The Morgan fingerprint density at radius 2 is 1.79 bits per heavy atom. The zero-order valence-electron chi connectivity index (χ0n) is 14.1. The lowest BCUT2D eigenvalue weighted by Crippen LogP contribution is -2.48. The van der Waals surface area contributed by atoms with Gasteiger partial charge in [-0.15, -0.1) is 0 Å². The normalized spacial score (nSPS) is 27.2. The highest BCUT2D eigenvalue weighted by molar-refractivity contribution is 6.30. The van der Waals surface area contributed by atoms with Crippen molar-refractivity contribution in [3.8, 4) is 0 Å². The van der Waals surface area contributed by atoms with E-state index in [0.29, 0.717) is 18.1 Å². The maximum absolute atomic E-state index is 12.5. The second-order valence-corrected chi connectivity index (χ2v) is 7.44. The van der Waals surface area contributed by atoms with Crippen LogP contribution in [0.2, 0.25) is 5.02 Å². The van der Waals surface area contributed by atoms with Crippen LogP contribution < -0.4 is 5.32 Å². The van der Waals surface area contributed by atoms with Crippen molar-refractivity contribution in [2.45, 2.75) is 43.8 Å². The molecule has 0 spiro atoms. The Morgan fingerprint density at radius 3 is 2.42 bits per heavy atom. The molecule has 134 valence electrons. The zero-order chi connectivity index (χ0) is 17.1. The Kier molecular flexibility index (Phi) is 6.08. The number of benzene rings is 1. The van der Waals surface area contributed by atoms with Crippen molar-refractivity contribution in [1.29, 1.82) is 0 Å². The molecule has 24 heavy (non-hydrogen) atoms. The number of rotatable bonds is 5. The van der Waals surface area contributed by atoms with Gasteiger partial charge in [0.2, 0.25) is 0 Å². The zero-order valence-corrected chi connectivity index (χ0v) is 14.9. The molecule has 0 radical (unpaired) electrons. The maximum Gasteiger partial charge on any atom is 0.251 e. The largest absolute Gasteiger partial charge is 0.309 e. The minimum Gasteiger partial charge on any atom is -0.309 e. The molecule has 1 N–H and O–H groups in total. The fraction of sp³-hybridized carbons (Fsp3) is 0.667. The standard InChI is InChI=1S/C18H26ClF2N3/c1-23-9-8-16(18(23)13-2-4-14(19)5-3-13)22-15-6-10-24(11-7-15)12-17(20)21/h2-5,15-18,22H,6-12H2,1H3/t16-,18+/m1/s1. The first-order valence-electron chi connectivity index (χ1n) is 8.75. The van der Waals surface area contributed by atoms with Crippen LogP contribution in [0.5, 0.6) is 0 Å². The van der Waals surface area contributed by atoms with Crippen LogP contribution in [0, 0.1) is 0 Å². The SMILES string of the molecule is CN1CC[C@@H](NC2CCN(CC(F)F)CC2)[C@@H]1c1ccc(Cl)cc1. The molecule has 3 rings (SSSR count). The van der Waals surface area contributed by atoms with Crippen LogP contribution in [0.4, 0.5) is 8.78 Å². The highest BCUT2D eigenvalue weighted by atomic mass is 35.5. The molecular weight excluding hydrogens is 332 g/mol. The highest BCUT2D eigenvalue weighted by Crippen LogP contribution is 2.32. The van der Waals surface area contributed by atoms with Crippen LogP contribution in [0.25, 0.3) is 0 Å². The van der Waals surface area contributed by atoms with Gasteiger partial charge in [-0.1, -0.05) is 23.7 Å². The molecule has 0 aliphatic carbocycles. The number of hydrogen-bond donors (Lipinski definition) is 1. The van der Waals surface area contributed by atoms with Crippen LogP contribution in [0.3, 0.4) is 0 Å². The molecule has 2 atom stereocenters. The van der Waals surface area contributed by atoms with E-state index < -0.39 is 6.43 Å². The molecule has 3 nitrogen and oxygen atoms in total. The second kappa shape index (κ2) is 8.09. The molecule has 0 amide bonds. The molecule has 2 aliphatic heterocycles. The van der Waals surface area contributed by atoms with Crippen LogP contribution in [-0.2, 0) is 0 Å². The van der Waals surface area contributed by atoms with E-state index in [0.717, 1.165) is 43.9 Å². The minimum atomic E-state index is -2.23. The molecule has 6 heteroatoms. The van der Waals surface area contributed by atoms with Crippen molar-refractivity contribution in [3.05, 3.63) is 34.9 Å². The van der Waals surface area contributed by atoms with Crippen molar-refractivity contribution in [2.75, 3.05) is 33.2 Å². The number of nitrogens with one attached hydrogen (secondary N) is 1. The fourth-order valence-corrected chi connectivity index (χ4v) is 4.17. The van der Waals surface area contributed by atoms with E-state index in [1.54, 1.807) is 0 Å². The molecule has 2 aliphatic rings. The molecule has 2 saturated heterocycles. The van der Waals surface area contributed by atoms with Gasteiger partial charge >= 0.3 is 0 Å². The van der Waals surface area contributed by atoms with E-state index in [-0.39, 0.29) is 6.54 Å². The molecule has 2 heterocycles. The van der Waals surface area contributed by atoms with Gasteiger partial charge in [-0.2, -0.15) is 0 Å². The third-order valence-corrected chi connectivity index (χ3v) is 5.55. The average molecular weight is 358 g/mol. The Morgan fingerprint density at radius 1 is 1.12 bits per heavy atom. The van der Waals surface area contributed by atoms with Gasteiger partial charge in [0.25, 0.3) is 6.43 Å². The van der Waals surface area contributed by atoms with Crippen LogP contribution >= 0.6 is 11.6 Å². The molecule has 2 fully saturated rings. The summed E-state index contributed by atoms with van der Waals surface area (Å²) in [5, 5.41) is 4.56. The molecular formula is C18H26ClF2N3. The second-order valence-electron chi connectivity index (χ2n) is 7.00. The quantitative estimate of drug-likeness (QED) is 0.871. The van der Waals surface area contributed by atoms with Crippen molar-refractivity contribution in [3.63, 3.8) is 0 Å². The van der Waals surface area contributed by atoms with Gasteiger partial charge in [0.05, 0.1) is 6.54 Å². The lowest BCUT2D eigenvalue weighted by atomic mass is 9.97. The molecule has 0 saturated carbocycles. The van der Waals surface area contributed by atoms with Gasteiger partial charge in [-0.25, -0.2) is 8.78 Å². The third kappa shape index (κ3) is 4.45. The Bertz CT molecular complexity index is 518. The summed E-state index contributed by atoms with van der Waals surface area (Å²) in [6.45, 7) is 2.49. The summed E-state index contributed by atoms with van der Waals surface area (Å²) in [6.07, 6.45) is 0.772. The molecule has 0 bridgehead atoms. The number of alkyl halides is 2. The number of hydrogen-bond acceptors (Lipinski definition) is 3. The van der Waals surface area contributed by atoms with E-state index in [1.165, 1.54) is 5.56 Å². The topological polar surface area (TPSA) is 18.5 Å². The first-order valence-corrected chi connectivity index (χ1v) is 9.13. The average Bonchev–Trinajstić information content (AvgIpc) is 2.90. The Balaban J connectivity index is 1.57. The summed E-state index contributed by atoms with van der Waals surface area (Å²) < 4.78 is 25.0. The van der Waals surface area contributed by atoms with E-state index in [2.05, 4.69) is 29.4 Å². The number of halogens is 3. The lowest BCUT2D eigenvalue weighted by Gasteiger charge is -2.35. The van der Waals surface area contributed by atoms with Gasteiger partial charge in [0.15, 0.2) is 0 Å². The molecule has 0 unspecified atom stereocenters. The van der Waals surface area contributed by atoms with Crippen molar-refractivity contribution in [1.82, 2.24) is 15.1 Å². The summed E-state index contributed by atoms with van der Waals surface area (Å²) in [4.78, 5) is 4.26. The van der Waals surface area contributed by atoms with Crippen molar-refractivity contribution < 1.29 is 8.78 Å². The van der Waals surface area contributed by atoms with E-state index >= 15 is 0 Å². The third-order valence-electron chi connectivity index (χ3n) is 5.29. The van der Waals surface area contributed by atoms with Gasteiger partial charge < -0.3 is 5.32 Å². The van der Waals surface area contributed by atoms with Crippen LogP contribution in [0.15, 0.2) is 24.3 Å². The smallest absolute Gasteiger partial charge is 0.251 e. The summed E-state index contributed by atoms with van der Waals surface area (Å²) in [5.74, 6) is 0. The number of nitrogens with zero attached hydrogens (tertiary/aromatic N) is 2. The lowest BCUT2D eigenvalue weighted by molar-refractivity contribution is 0.0715. The van der Waals surface area contributed by atoms with E-state index in [4.69, 9.17) is 11.6 Å². The van der Waals surface area contributed by atoms with Crippen LogP contribution in [0.1, 0.15) is 30.9 Å². The molecule has 0 aromatic heterocycles. The van der Waals surface area contributed by atoms with E-state index in [9.17, 15) is 8.78 Å². The monoisotopic (exact) mass is 357 g/mol. The molecule has 1 aromatic rings. The number of piperidine rings is 1. The first-order chi connectivity index (χ1) is 11.5. The molecule has 1 aromatic carbocycles. The summed E-state index contributed by atoms with van der Waals surface area (Å²) >= 11 is 6.01. The number of likely N-dealkylation sites (N-methyl/N-ethyl adjacent to an activating group) is 1. The predicted molar refractivity (Wildman–Crippen MR) is 93.8 cm³/mol. The fourth-order valence-electron chi connectivity index (χ4n) is 4.05. The van der Waals surface area contributed by atoms with Gasteiger partial charge in [-0.3, -0.25) is 9.80 Å². The first kappa shape index (κ1) is 18.1. The van der Waals surface area contributed by atoms with Crippen LogP contribution in [-0.4, -0.2) is 61.5 Å². The summed E-state index contributed by atoms with van der Waals surface area (Å²) in [6, 6.07) is 9.28. The van der Waals surface area contributed by atoms with Gasteiger partial charge in [0, 0.05) is 29.7 Å². The van der Waals surface area contributed by atoms with Gasteiger partial charge in [-0.05, 0) is 57.1 Å². The summed E-state index contributed by atoms with van der Waals surface area (Å²) in [5.41, 5.74) is 1.28. The minimum absolute atomic E-state index is 0.0910. The Hall–Kier alpha value is -0.750. The van der Waals surface area contributed by atoms with Crippen molar-refractivity contribution >= 4 is 11.6 Å². The predicted octanol–water partition coefficient (Wildman–Crippen LogP) is 3.40. The highest BCUT2D eigenvalue weighted by Gasteiger charge is 2.34. The number of likely N-dealkylation sites (tertiary alicyclic amines) is 2.